The molecule has 3 atom stereocenters. The van der Waals surface area contributed by atoms with E-state index in [4.69, 9.17) is 5.84 Å². The maximum atomic E-state index is 5.77. The van der Waals surface area contributed by atoms with Gasteiger partial charge in [-0.15, -0.1) is 0 Å². The van der Waals surface area contributed by atoms with E-state index in [-0.39, 0.29) is 0 Å². The van der Waals surface area contributed by atoms with Crippen molar-refractivity contribution in [3.63, 3.8) is 0 Å². The lowest BCUT2D eigenvalue weighted by molar-refractivity contribution is 0.364. The maximum absolute atomic E-state index is 5.77. The zero-order valence-electron chi connectivity index (χ0n) is 10.9. The summed E-state index contributed by atoms with van der Waals surface area (Å²) in [5.41, 5.74) is 5.78. The summed E-state index contributed by atoms with van der Waals surface area (Å²) in [4.78, 5) is 0. The second-order valence-electron chi connectivity index (χ2n) is 5.42. The van der Waals surface area contributed by atoms with Crippen LogP contribution in [0.3, 0.4) is 0 Å². The first kappa shape index (κ1) is 12.6. The van der Waals surface area contributed by atoms with Crippen LogP contribution in [0.25, 0.3) is 0 Å². The van der Waals surface area contributed by atoms with Gasteiger partial charge >= 0.3 is 0 Å². The van der Waals surface area contributed by atoms with Gasteiger partial charge in [0.1, 0.15) is 0 Å². The van der Waals surface area contributed by atoms with Gasteiger partial charge < -0.3 is 0 Å². The summed E-state index contributed by atoms with van der Waals surface area (Å²) in [7, 11) is 0. The molecule has 0 saturated heterocycles. The minimum absolute atomic E-state index is 0.325. The molecule has 0 bridgehead atoms. The minimum Gasteiger partial charge on any atom is -0.271 e. The van der Waals surface area contributed by atoms with Gasteiger partial charge in [0.2, 0.25) is 0 Å². The fraction of sp³-hybridized carbons (Fsp3) is 0.600. The molecule has 1 fully saturated rings. The Morgan fingerprint density at radius 2 is 2.24 bits per heavy atom. The van der Waals surface area contributed by atoms with Gasteiger partial charge in [-0.3, -0.25) is 11.3 Å². The molecule has 1 aromatic carbocycles. The summed E-state index contributed by atoms with van der Waals surface area (Å²) in [6.45, 7) is 4.54. The standard InChI is InChI=1S/C15H24N2/c1-3-12-5-4-6-13(10-12)15(17-16)14-8-7-11(2)9-14/h4-6,10-11,14-15,17H,3,7-9,16H2,1-2H3. The number of nitrogens with one attached hydrogen (secondary N) is 1. The topological polar surface area (TPSA) is 38.0 Å². The zero-order chi connectivity index (χ0) is 12.3. The lowest BCUT2D eigenvalue weighted by atomic mass is 9.90. The third-order valence-electron chi connectivity index (χ3n) is 4.10. The highest BCUT2D eigenvalue weighted by atomic mass is 15.2. The van der Waals surface area contributed by atoms with Gasteiger partial charge in [-0.25, -0.2) is 0 Å². The third-order valence-corrected chi connectivity index (χ3v) is 4.10. The van der Waals surface area contributed by atoms with Crippen molar-refractivity contribution >= 4 is 0 Å². The molecule has 2 nitrogen and oxygen atoms in total. The number of hydrogen-bond acceptors (Lipinski definition) is 2. The van der Waals surface area contributed by atoms with Crippen molar-refractivity contribution in [1.29, 1.82) is 0 Å². The zero-order valence-corrected chi connectivity index (χ0v) is 10.9. The molecule has 0 radical (unpaired) electrons. The molecule has 2 rings (SSSR count). The van der Waals surface area contributed by atoms with E-state index in [1.807, 2.05) is 0 Å². The SMILES string of the molecule is CCc1cccc(C(NN)C2CCC(C)C2)c1. The van der Waals surface area contributed by atoms with Gasteiger partial charge in [0, 0.05) is 6.04 Å². The molecule has 0 aliphatic heterocycles. The highest BCUT2D eigenvalue weighted by molar-refractivity contribution is 5.26. The van der Waals surface area contributed by atoms with Crippen LogP contribution < -0.4 is 11.3 Å². The summed E-state index contributed by atoms with van der Waals surface area (Å²) in [5, 5.41) is 0. The Hall–Kier alpha value is -0.860. The fourth-order valence-corrected chi connectivity index (χ4v) is 3.06. The van der Waals surface area contributed by atoms with Crippen LogP contribution in [0.4, 0.5) is 0 Å². The van der Waals surface area contributed by atoms with Crippen LogP contribution in [0, 0.1) is 11.8 Å². The van der Waals surface area contributed by atoms with Crippen molar-refractivity contribution < 1.29 is 0 Å². The second-order valence-corrected chi connectivity index (χ2v) is 5.42. The molecule has 1 aromatic rings. The van der Waals surface area contributed by atoms with Crippen LogP contribution in [0.1, 0.15) is 50.3 Å². The van der Waals surface area contributed by atoms with Crippen molar-refractivity contribution in [2.75, 3.05) is 0 Å². The van der Waals surface area contributed by atoms with Crippen LogP contribution in [0.2, 0.25) is 0 Å². The summed E-state index contributed by atoms with van der Waals surface area (Å²) in [6, 6.07) is 9.16. The Morgan fingerprint density at radius 3 is 2.82 bits per heavy atom. The molecule has 0 aromatic heterocycles. The van der Waals surface area contributed by atoms with E-state index in [1.54, 1.807) is 0 Å². The van der Waals surface area contributed by atoms with E-state index in [0.717, 1.165) is 12.3 Å². The molecular formula is C15H24N2. The first-order valence-electron chi connectivity index (χ1n) is 6.79. The van der Waals surface area contributed by atoms with E-state index in [9.17, 15) is 0 Å². The molecule has 94 valence electrons. The van der Waals surface area contributed by atoms with Gasteiger partial charge in [-0.2, -0.15) is 0 Å². The lowest BCUT2D eigenvalue weighted by Crippen LogP contribution is -2.32. The van der Waals surface area contributed by atoms with Crippen molar-refractivity contribution in [2.24, 2.45) is 17.7 Å². The quantitative estimate of drug-likeness (QED) is 0.618. The number of aryl methyl sites for hydroxylation is 1. The van der Waals surface area contributed by atoms with Crippen molar-refractivity contribution in [3.05, 3.63) is 35.4 Å². The van der Waals surface area contributed by atoms with E-state index < -0.39 is 0 Å². The number of nitrogens with two attached hydrogens (primary N) is 1. The number of hydrogen-bond donors (Lipinski definition) is 2. The monoisotopic (exact) mass is 232 g/mol. The van der Waals surface area contributed by atoms with Crippen LogP contribution in [-0.2, 0) is 6.42 Å². The van der Waals surface area contributed by atoms with E-state index in [1.165, 1.54) is 30.4 Å². The summed E-state index contributed by atoms with van der Waals surface area (Å²) in [5.74, 6) is 7.32. The molecule has 3 unspecified atom stereocenters. The summed E-state index contributed by atoms with van der Waals surface area (Å²) >= 11 is 0. The van der Waals surface area contributed by atoms with Crippen LogP contribution in [0.15, 0.2) is 24.3 Å². The van der Waals surface area contributed by atoms with Gasteiger partial charge in [0.25, 0.3) is 0 Å². The molecular weight excluding hydrogens is 208 g/mol. The fourth-order valence-electron chi connectivity index (χ4n) is 3.06. The molecule has 0 spiro atoms. The number of hydrazine groups is 1. The van der Waals surface area contributed by atoms with Gasteiger partial charge in [0.15, 0.2) is 0 Å². The normalized spacial score (nSPS) is 26.1. The third kappa shape index (κ3) is 2.88. The van der Waals surface area contributed by atoms with Crippen LogP contribution in [-0.4, -0.2) is 0 Å². The Morgan fingerprint density at radius 1 is 1.41 bits per heavy atom. The average Bonchev–Trinajstić information content (AvgIpc) is 2.77. The Bertz CT molecular complexity index is 362. The number of rotatable bonds is 4. The minimum atomic E-state index is 0.325. The van der Waals surface area contributed by atoms with Crippen molar-refractivity contribution in [3.8, 4) is 0 Å². The first-order chi connectivity index (χ1) is 8.24. The molecule has 1 saturated carbocycles. The average molecular weight is 232 g/mol. The molecule has 0 amide bonds. The van der Waals surface area contributed by atoms with Crippen molar-refractivity contribution in [1.82, 2.24) is 5.43 Å². The van der Waals surface area contributed by atoms with Crippen LogP contribution >= 0.6 is 0 Å². The van der Waals surface area contributed by atoms with E-state index >= 15 is 0 Å². The highest BCUT2D eigenvalue weighted by Crippen LogP contribution is 2.38. The smallest absolute Gasteiger partial charge is 0.0488 e. The lowest BCUT2D eigenvalue weighted by Gasteiger charge is -2.23. The molecule has 3 N–H and O–H groups in total. The summed E-state index contributed by atoms with van der Waals surface area (Å²) < 4.78 is 0. The highest BCUT2D eigenvalue weighted by Gasteiger charge is 2.29. The van der Waals surface area contributed by atoms with E-state index in [0.29, 0.717) is 12.0 Å². The molecule has 1 aliphatic carbocycles. The predicted octanol–water partition coefficient (Wildman–Crippen LogP) is 3.19. The van der Waals surface area contributed by atoms with Gasteiger partial charge in [0.05, 0.1) is 0 Å². The van der Waals surface area contributed by atoms with Gasteiger partial charge in [-0.1, -0.05) is 44.5 Å². The second kappa shape index (κ2) is 5.65. The number of benzene rings is 1. The molecule has 2 heteroatoms. The Balaban J connectivity index is 2.16. The largest absolute Gasteiger partial charge is 0.271 e. The Labute approximate surface area is 105 Å². The van der Waals surface area contributed by atoms with Crippen LogP contribution in [0.5, 0.6) is 0 Å². The molecule has 17 heavy (non-hydrogen) atoms. The molecule has 0 heterocycles. The Kier molecular flexibility index (Phi) is 4.19. The van der Waals surface area contributed by atoms with E-state index in [2.05, 4.69) is 43.5 Å². The van der Waals surface area contributed by atoms with Crippen molar-refractivity contribution in [2.45, 2.75) is 45.6 Å². The first-order valence-corrected chi connectivity index (χ1v) is 6.79. The summed E-state index contributed by atoms with van der Waals surface area (Å²) in [6.07, 6.45) is 5.03. The predicted molar refractivity (Wildman–Crippen MR) is 72.4 cm³/mol. The maximum Gasteiger partial charge on any atom is 0.0488 e. The van der Waals surface area contributed by atoms with Gasteiger partial charge in [-0.05, 0) is 42.2 Å². The molecule has 1 aliphatic rings.